The molecule has 0 radical (unpaired) electrons. The molecule has 0 amide bonds. The van der Waals surface area contributed by atoms with Gasteiger partial charge in [0.25, 0.3) is 5.56 Å². The lowest BCUT2D eigenvalue weighted by atomic mass is 10.0. The molecule has 1 aliphatic rings. The standard InChI is InChI=1S/C17H18Cl3N3O2/c18-12-7-11(23-17(25)16(20)13(19)8-22-23)5-6-14(12)21-9-15(24)10-3-1-2-4-10/h5-8,10,15,21,24H,1-4,9H2. The average molecular weight is 403 g/mol. The number of hydrogen-bond donors (Lipinski definition) is 2. The van der Waals surface area contributed by atoms with E-state index in [9.17, 15) is 9.90 Å². The number of aliphatic hydroxyl groups excluding tert-OH is 1. The summed E-state index contributed by atoms with van der Waals surface area (Å²) in [6.07, 6.45) is 5.43. The maximum atomic E-state index is 12.1. The summed E-state index contributed by atoms with van der Waals surface area (Å²) in [6, 6.07) is 5.06. The van der Waals surface area contributed by atoms with Gasteiger partial charge < -0.3 is 10.4 Å². The van der Waals surface area contributed by atoms with Gasteiger partial charge in [-0.15, -0.1) is 0 Å². The number of aromatic nitrogens is 2. The van der Waals surface area contributed by atoms with Gasteiger partial charge in [-0.3, -0.25) is 4.79 Å². The van der Waals surface area contributed by atoms with Crippen LogP contribution in [0.4, 0.5) is 5.69 Å². The predicted molar refractivity (Wildman–Crippen MR) is 101 cm³/mol. The van der Waals surface area contributed by atoms with E-state index < -0.39 is 11.7 Å². The maximum absolute atomic E-state index is 12.1. The van der Waals surface area contributed by atoms with Crippen molar-refractivity contribution in [1.82, 2.24) is 9.78 Å². The third-order valence-electron chi connectivity index (χ3n) is 4.52. The summed E-state index contributed by atoms with van der Waals surface area (Å²) in [5, 5.41) is 17.8. The summed E-state index contributed by atoms with van der Waals surface area (Å²) in [4.78, 5) is 12.1. The van der Waals surface area contributed by atoms with Crippen LogP contribution in [0.2, 0.25) is 15.1 Å². The van der Waals surface area contributed by atoms with Gasteiger partial charge >= 0.3 is 0 Å². The summed E-state index contributed by atoms with van der Waals surface area (Å²) < 4.78 is 1.14. The average Bonchev–Trinajstić information content (AvgIpc) is 3.13. The van der Waals surface area contributed by atoms with Gasteiger partial charge in [0.05, 0.1) is 33.7 Å². The van der Waals surface area contributed by atoms with Crippen LogP contribution in [0.25, 0.3) is 5.69 Å². The van der Waals surface area contributed by atoms with Crippen molar-refractivity contribution >= 4 is 40.5 Å². The van der Waals surface area contributed by atoms with Crippen LogP contribution in [0, 0.1) is 5.92 Å². The van der Waals surface area contributed by atoms with Crippen molar-refractivity contribution in [2.75, 3.05) is 11.9 Å². The van der Waals surface area contributed by atoms with E-state index in [0.717, 1.165) is 17.5 Å². The second-order valence-corrected chi connectivity index (χ2v) is 7.37. The van der Waals surface area contributed by atoms with E-state index in [4.69, 9.17) is 34.8 Å². The molecule has 1 aliphatic carbocycles. The lowest BCUT2D eigenvalue weighted by Crippen LogP contribution is -2.26. The van der Waals surface area contributed by atoms with Crippen molar-refractivity contribution in [1.29, 1.82) is 0 Å². The number of benzene rings is 1. The zero-order chi connectivity index (χ0) is 18.0. The second kappa shape index (κ2) is 7.96. The molecule has 0 spiro atoms. The molecule has 1 fully saturated rings. The van der Waals surface area contributed by atoms with Crippen LogP contribution in [0.3, 0.4) is 0 Å². The van der Waals surface area contributed by atoms with Crippen LogP contribution < -0.4 is 10.9 Å². The van der Waals surface area contributed by atoms with Gasteiger partial charge in [-0.05, 0) is 37.0 Å². The number of nitrogens with zero attached hydrogens (tertiary/aromatic N) is 2. The summed E-state index contributed by atoms with van der Waals surface area (Å²) in [6.45, 7) is 0.439. The first kappa shape index (κ1) is 18.5. The van der Waals surface area contributed by atoms with Gasteiger partial charge in [-0.2, -0.15) is 9.78 Å². The highest BCUT2D eigenvalue weighted by atomic mass is 35.5. The molecule has 1 aromatic carbocycles. The topological polar surface area (TPSA) is 67.2 Å². The fraction of sp³-hybridized carbons (Fsp3) is 0.412. The molecule has 1 aromatic heterocycles. The van der Waals surface area contributed by atoms with E-state index in [1.807, 2.05) is 0 Å². The molecular formula is C17H18Cl3N3O2. The molecule has 1 unspecified atom stereocenters. The zero-order valence-corrected chi connectivity index (χ0v) is 15.7. The Kier molecular flexibility index (Phi) is 5.89. The normalized spacial score (nSPS) is 16.2. The Labute approximate surface area is 160 Å². The van der Waals surface area contributed by atoms with Crippen molar-refractivity contribution < 1.29 is 5.11 Å². The highest BCUT2D eigenvalue weighted by molar-refractivity contribution is 6.41. The predicted octanol–water partition coefficient (Wildman–Crippen LogP) is 4.16. The van der Waals surface area contributed by atoms with Crippen LogP contribution in [-0.4, -0.2) is 27.5 Å². The number of halogens is 3. The fourth-order valence-corrected chi connectivity index (χ4v) is 3.59. The van der Waals surface area contributed by atoms with Crippen LogP contribution in [0.1, 0.15) is 25.7 Å². The molecule has 2 N–H and O–H groups in total. The van der Waals surface area contributed by atoms with Gasteiger partial charge in [0, 0.05) is 6.54 Å². The molecule has 2 aromatic rings. The quantitative estimate of drug-likeness (QED) is 0.788. The number of rotatable bonds is 5. The Bertz CT molecular complexity index is 819. The first-order valence-electron chi connectivity index (χ1n) is 8.12. The molecule has 25 heavy (non-hydrogen) atoms. The Morgan fingerprint density at radius 2 is 1.96 bits per heavy atom. The molecule has 1 atom stereocenters. The first-order chi connectivity index (χ1) is 12.0. The highest BCUT2D eigenvalue weighted by Crippen LogP contribution is 2.29. The van der Waals surface area contributed by atoms with E-state index in [2.05, 4.69) is 10.4 Å². The van der Waals surface area contributed by atoms with Crippen molar-refractivity contribution in [3.63, 3.8) is 0 Å². The zero-order valence-electron chi connectivity index (χ0n) is 13.4. The smallest absolute Gasteiger partial charge is 0.291 e. The van der Waals surface area contributed by atoms with Gasteiger partial charge in [-0.25, -0.2) is 0 Å². The molecule has 0 saturated heterocycles. The molecule has 0 aliphatic heterocycles. The number of hydrogen-bond acceptors (Lipinski definition) is 4. The van der Waals surface area contributed by atoms with Crippen LogP contribution in [0.15, 0.2) is 29.2 Å². The van der Waals surface area contributed by atoms with Crippen molar-refractivity contribution in [2.45, 2.75) is 31.8 Å². The fourth-order valence-electron chi connectivity index (χ4n) is 3.10. The highest BCUT2D eigenvalue weighted by Gasteiger charge is 2.23. The third-order valence-corrected chi connectivity index (χ3v) is 5.58. The monoisotopic (exact) mass is 401 g/mol. The summed E-state index contributed by atoms with van der Waals surface area (Å²) >= 11 is 18.0. The molecule has 5 nitrogen and oxygen atoms in total. The minimum absolute atomic E-state index is 0.0883. The minimum atomic E-state index is -0.511. The van der Waals surface area contributed by atoms with E-state index in [1.165, 1.54) is 19.0 Å². The molecule has 1 saturated carbocycles. The van der Waals surface area contributed by atoms with Gasteiger partial charge in [0.2, 0.25) is 0 Å². The van der Waals surface area contributed by atoms with E-state index in [0.29, 0.717) is 28.9 Å². The third kappa shape index (κ3) is 4.11. The Hall–Kier alpha value is -1.27. The van der Waals surface area contributed by atoms with Crippen molar-refractivity contribution in [2.24, 2.45) is 5.92 Å². The lowest BCUT2D eigenvalue weighted by molar-refractivity contribution is 0.123. The largest absolute Gasteiger partial charge is 0.391 e. The Balaban J connectivity index is 1.75. The molecule has 3 rings (SSSR count). The van der Waals surface area contributed by atoms with E-state index in [1.54, 1.807) is 18.2 Å². The van der Waals surface area contributed by atoms with Gasteiger partial charge in [-0.1, -0.05) is 47.6 Å². The molecule has 0 bridgehead atoms. The summed E-state index contributed by atoms with van der Waals surface area (Å²) in [5.41, 5.74) is 0.661. The Morgan fingerprint density at radius 1 is 1.24 bits per heavy atom. The summed E-state index contributed by atoms with van der Waals surface area (Å²) in [7, 11) is 0. The van der Waals surface area contributed by atoms with Crippen molar-refractivity contribution in [3.05, 3.63) is 49.8 Å². The number of anilines is 1. The van der Waals surface area contributed by atoms with Crippen LogP contribution in [0.5, 0.6) is 0 Å². The number of nitrogens with one attached hydrogen (secondary N) is 1. The van der Waals surface area contributed by atoms with Gasteiger partial charge in [0.15, 0.2) is 0 Å². The maximum Gasteiger partial charge on any atom is 0.291 e. The molecule has 1 heterocycles. The molecule has 8 heteroatoms. The molecule has 134 valence electrons. The van der Waals surface area contributed by atoms with Crippen molar-refractivity contribution in [3.8, 4) is 5.69 Å². The Morgan fingerprint density at radius 3 is 2.64 bits per heavy atom. The summed E-state index contributed by atoms with van der Waals surface area (Å²) in [5.74, 6) is 0.351. The van der Waals surface area contributed by atoms with Gasteiger partial charge in [0.1, 0.15) is 5.02 Å². The number of aliphatic hydroxyl groups is 1. The second-order valence-electron chi connectivity index (χ2n) is 6.18. The SMILES string of the molecule is O=c1c(Cl)c(Cl)cnn1-c1ccc(NCC(O)C2CCCC2)c(Cl)c1. The minimum Gasteiger partial charge on any atom is -0.391 e. The first-order valence-corrected chi connectivity index (χ1v) is 9.26. The van der Waals surface area contributed by atoms with Crippen LogP contribution in [-0.2, 0) is 0 Å². The van der Waals surface area contributed by atoms with E-state index in [-0.39, 0.29) is 10.0 Å². The molecular weight excluding hydrogens is 385 g/mol. The van der Waals surface area contributed by atoms with E-state index >= 15 is 0 Å². The van der Waals surface area contributed by atoms with Crippen LogP contribution >= 0.6 is 34.8 Å². The lowest BCUT2D eigenvalue weighted by Gasteiger charge is -2.19.